The zero-order valence-electron chi connectivity index (χ0n) is 14.3. The Bertz CT molecular complexity index is 936. The van der Waals surface area contributed by atoms with Crippen LogP contribution in [0, 0.1) is 10.1 Å². The van der Waals surface area contributed by atoms with E-state index < -0.39 is 4.92 Å². The van der Waals surface area contributed by atoms with E-state index in [1.165, 1.54) is 33.5 Å². The molecule has 2 aromatic carbocycles. The van der Waals surface area contributed by atoms with Gasteiger partial charge in [0, 0.05) is 29.8 Å². The van der Waals surface area contributed by atoms with Crippen molar-refractivity contribution in [1.29, 1.82) is 0 Å². The normalized spacial score (nSPS) is 10.4. The molecule has 9 heteroatoms. The van der Waals surface area contributed by atoms with Gasteiger partial charge in [0.15, 0.2) is 11.5 Å². The highest BCUT2D eigenvalue weighted by molar-refractivity contribution is 5.70. The number of hydrogen-bond donors (Lipinski definition) is 0. The summed E-state index contributed by atoms with van der Waals surface area (Å²) in [5.74, 6) is 1.98. The maximum absolute atomic E-state index is 10.7. The fraction of sp³-hybridized carbons (Fsp3) is 0.176. The van der Waals surface area contributed by atoms with E-state index in [-0.39, 0.29) is 11.6 Å². The van der Waals surface area contributed by atoms with E-state index >= 15 is 0 Å². The molecule has 26 heavy (non-hydrogen) atoms. The van der Waals surface area contributed by atoms with Crippen LogP contribution in [0.25, 0.3) is 22.8 Å². The van der Waals surface area contributed by atoms with E-state index in [1.807, 2.05) is 0 Å². The SMILES string of the molecule is COc1cc(OC)c(-c2nc(-c3ccc([N+](=O)[O-])cc3)no2)cc1OC. The number of methoxy groups -OCH3 is 3. The first-order valence-corrected chi connectivity index (χ1v) is 7.46. The van der Waals surface area contributed by atoms with E-state index in [9.17, 15) is 10.1 Å². The zero-order chi connectivity index (χ0) is 18.7. The third-order valence-electron chi connectivity index (χ3n) is 3.70. The van der Waals surface area contributed by atoms with E-state index in [2.05, 4.69) is 10.1 Å². The van der Waals surface area contributed by atoms with Gasteiger partial charge >= 0.3 is 0 Å². The van der Waals surface area contributed by atoms with Crippen LogP contribution in [0.3, 0.4) is 0 Å². The van der Waals surface area contributed by atoms with Gasteiger partial charge in [-0.3, -0.25) is 10.1 Å². The zero-order valence-corrected chi connectivity index (χ0v) is 14.3. The predicted molar refractivity (Wildman–Crippen MR) is 91.5 cm³/mol. The Morgan fingerprint density at radius 2 is 1.58 bits per heavy atom. The Balaban J connectivity index is 2.00. The predicted octanol–water partition coefficient (Wildman–Crippen LogP) is 3.34. The number of nitro benzene ring substituents is 1. The summed E-state index contributed by atoms with van der Waals surface area (Å²) >= 11 is 0. The molecule has 0 saturated carbocycles. The van der Waals surface area contributed by atoms with Gasteiger partial charge in [0.25, 0.3) is 11.6 Å². The molecule has 1 heterocycles. The van der Waals surface area contributed by atoms with Gasteiger partial charge in [-0.2, -0.15) is 4.98 Å². The molecule has 1 aromatic heterocycles. The summed E-state index contributed by atoms with van der Waals surface area (Å²) < 4.78 is 21.2. The number of ether oxygens (including phenoxy) is 3. The van der Waals surface area contributed by atoms with E-state index in [0.29, 0.717) is 34.2 Å². The maximum Gasteiger partial charge on any atom is 0.269 e. The lowest BCUT2D eigenvalue weighted by atomic mass is 10.1. The number of rotatable bonds is 6. The van der Waals surface area contributed by atoms with Crippen LogP contribution < -0.4 is 14.2 Å². The van der Waals surface area contributed by atoms with Gasteiger partial charge < -0.3 is 18.7 Å². The number of hydrogen-bond acceptors (Lipinski definition) is 8. The van der Waals surface area contributed by atoms with Gasteiger partial charge in [-0.15, -0.1) is 0 Å². The van der Waals surface area contributed by atoms with Crippen LogP contribution in [0.2, 0.25) is 0 Å². The molecule has 0 aliphatic rings. The summed E-state index contributed by atoms with van der Waals surface area (Å²) in [7, 11) is 4.55. The standard InChI is InChI=1S/C17H15N3O6/c1-23-13-9-15(25-3)14(24-2)8-12(13)17-18-16(19-26-17)10-4-6-11(7-5-10)20(21)22/h4-9H,1-3H3. The second-order valence-corrected chi connectivity index (χ2v) is 5.13. The van der Waals surface area contributed by atoms with Crippen LogP contribution in [0.5, 0.6) is 17.2 Å². The molecule has 0 unspecified atom stereocenters. The van der Waals surface area contributed by atoms with Crippen molar-refractivity contribution in [2.45, 2.75) is 0 Å². The van der Waals surface area contributed by atoms with Crippen molar-refractivity contribution in [3.05, 3.63) is 46.5 Å². The Kier molecular flexibility index (Phi) is 4.70. The van der Waals surface area contributed by atoms with Crippen molar-refractivity contribution in [2.75, 3.05) is 21.3 Å². The van der Waals surface area contributed by atoms with Gasteiger partial charge in [-0.25, -0.2) is 0 Å². The van der Waals surface area contributed by atoms with Gasteiger partial charge in [-0.1, -0.05) is 5.16 Å². The average molecular weight is 357 g/mol. The quantitative estimate of drug-likeness (QED) is 0.488. The second kappa shape index (κ2) is 7.09. The first kappa shape index (κ1) is 17.2. The molecular formula is C17H15N3O6. The number of non-ortho nitro benzene ring substituents is 1. The minimum Gasteiger partial charge on any atom is -0.496 e. The topological polar surface area (TPSA) is 110 Å². The van der Waals surface area contributed by atoms with Crippen LogP contribution in [0.15, 0.2) is 40.9 Å². The van der Waals surface area contributed by atoms with Crippen LogP contribution in [0.1, 0.15) is 0 Å². The summed E-state index contributed by atoms with van der Waals surface area (Å²) in [5, 5.41) is 14.7. The molecule has 3 rings (SSSR count). The fourth-order valence-electron chi connectivity index (χ4n) is 2.38. The van der Waals surface area contributed by atoms with Gasteiger partial charge in [-0.05, 0) is 12.1 Å². The molecule has 9 nitrogen and oxygen atoms in total. The van der Waals surface area contributed by atoms with Crippen molar-refractivity contribution in [2.24, 2.45) is 0 Å². The van der Waals surface area contributed by atoms with Crippen molar-refractivity contribution >= 4 is 5.69 Å². The Hall–Kier alpha value is -3.62. The minimum absolute atomic E-state index is 0.0148. The molecular weight excluding hydrogens is 342 g/mol. The van der Waals surface area contributed by atoms with Gasteiger partial charge in [0.05, 0.1) is 31.8 Å². The number of nitrogens with zero attached hydrogens (tertiary/aromatic N) is 3. The highest BCUT2D eigenvalue weighted by Crippen LogP contribution is 2.39. The lowest BCUT2D eigenvalue weighted by Crippen LogP contribution is -1.95. The van der Waals surface area contributed by atoms with Crippen molar-refractivity contribution in [3.8, 4) is 40.1 Å². The van der Waals surface area contributed by atoms with Crippen molar-refractivity contribution in [3.63, 3.8) is 0 Å². The molecule has 0 aliphatic heterocycles. The third kappa shape index (κ3) is 3.14. The van der Waals surface area contributed by atoms with E-state index in [1.54, 1.807) is 24.3 Å². The molecule has 0 N–H and O–H groups in total. The summed E-state index contributed by atoms with van der Waals surface area (Å²) in [6.07, 6.45) is 0. The Labute approximate surface area is 148 Å². The monoisotopic (exact) mass is 357 g/mol. The second-order valence-electron chi connectivity index (χ2n) is 5.13. The smallest absolute Gasteiger partial charge is 0.269 e. The summed E-state index contributed by atoms with van der Waals surface area (Å²) in [6.45, 7) is 0. The van der Waals surface area contributed by atoms with Crippen LogP contribution in [0.4, 0.5) is 5.69 Å². The van der Waals surface area contributed by atoms with E-state index in [0.717, 1.165) is 0 Å². The molecule has 0 amide bonds. The first-order chi connectivity index (χ1) is 12.6. The molecule has 0 saturated heterocycles. The number of aromatic nitrogens is 2. The highest BCUT2D eigenvalue weighted by Gasteiger charge is 2.19. The average Bonchev–Trinajstić information content (AvgIpc) is 3.16. The van der Waals surface area contributed by atoms with Crippen molar-refractivity contribution < 1.29 is 23.7 Å². The molecule has 0 atom stereocenters. The van der Waals surface area contributed by atoms with Gasteiger partial charge in [0.2, 0.25) is 5.82 Å². The Morgan fingerprint density at radius 1 is 0.962 bits per heavy atom. The maximum atomic E-state index is 10.7. The highest BCUT2D eigenvalue weighted by atomic mass is 16.6. The van der Waals surface area contributed by atoms with Gasteiger partial charge in [0.1, 0.15) is 5.75 Å². The lowest BCUT2D eigenvalue weighted by molar-refractivity contribution is -0.384. The summed E-state index contributed by atoms with van der Waals surface area (Å²) in [4.78, 5) is 14.6. The largest absolute Gasteiger partial charge is 0.496 e. The molecule has 0 bridgehead atoms. The summed E-state index contributed by atoms with van der Waals surface area (Å²) in [5.41, 5.74) is 1.11. The number of benzene rings is 2. The molecule has 0 aliphatic carbocycles. The van der Waals surface area contributed by atoms with Crippen molar-refractivity contribution in [1.82, 2.24) is 10.1 Å². The molecule has 134 valence electrons. The van der Waals surface area contributed by atoms with Crippen LogP contribution in [-0.2, 0) is 0 Å². The van der Waals surface area contributed by atoms with E-state index in [4.69, 9.17) is 18.7 Å². The van der Waals surface area contributed by atoms with Crippen LogP contribution in [-0.4, -0.2) is 36.4 Å². The Morgan fingerprint density at radius 3 is 2.15 bits per heavy atom. The molecule has 3 aromatic rings. The lowest BCUT2D eigenvalue weighted by Gasteiger charge is -2.11. The number of nitro groups is 1. The third-order valence-corrected chi connectivity index (χ3v) is 3.70. The molecule has 0 spiro atoms. The first-order valence-electron chi connectivity index (χ1n) is 7.46. The van der Waals surface area contributed by atoms with Crippen LogP contribution >= 0.6 is 0 Å². The summed E-state index contributed by atoms with van der Waals surface area (Å²) in [6, 6.07) is 9.19. The molecule has 0 fully saturated rings. The fourth-order valence-corrected chi connectivity index (χ4v) is 2.38. The minimum atomic E-state index is -0.472. The molecule has 0 radical (unpaired) electrons.